The Morgan fingerprint density at radius 1 is 0.667 bits per heavy atom. The summed E-state index contributed by atoms with van der Waals surface area (Å²) in [6.07, 6.45) is 4.94. The first kappa shape index (κ1) is 22.1. The Hall–Kier alpha value is -2.58. The molecule has 3 rings (SSSR count). The van der Waals surface area contributed by atoms with E-state index in [1.54, 1.807) is 0 Å². The molecule has 0 aliphatic heterocycles. The maximum Gasteiger partial charge on any atom is 0.120 e. The van der Waals surface area contributed by atoms with Crippen LogP contribution in [0.5, 0.6) is 5.75 Å². The fraction of sp³-hybridized carbons (Fsp3) is 0.357. The summed E-state index contributed by atoms with van der Waals surface area (Å²) in [5, 5.41) is 9.24. The van der Waals surface area contributed by atoms with Crippen molar-refractivity contribution in [2.75, 3.05) is 6.61 Å². The minimum atomic E-state index is 0.191. The summed E-state index contributed by atoms with van der Waals surface area (Å²) in [5.74, 6) is 0.920. The summed E-state index contributed by atoms with van der Waals surface area (Å²) in [5.41, 5.74) is 8.98. The largest absolute Gasteiger partial charge is 0.489 e. The van der Waals surface area contributed by atoms with E-state index in [0.717, 1.165) is 25.0 Å². The van der Waals surface area contributed by atoms with Gasteiger partial charge in [-0.1, -0.05) is 75.7 Å². The maximum atomic E-state index is 9.24. The van der Waals surface area contributed by atoms with Gasteiger partial charge in [0.25, 0.3) is 0 Å². The first-order valence-corrected chi connectivity index (χ1v) is 11.2. The SMILES string of the molecule is CCCc1ccc(COc2ccc(-c3ccc(CCO)cc3CC)c(CC)c2)cc1. The second-order valence-electron chi connectivity index (χ2n) is 7.85. The lowest BCUT2D eigenvalue weighted by Crippen LogP contribution is -1.99. The van der Waals surface area contributed by atoms with Crippen molar-refractivity contribution < 1.29 is 9.84 Å². The zero-order valence-corrected chi connectivity index (χ0v) is 18.6. The van der Waals surface area contributed by atoms with Gasteiger partial charge in [0.1, 0.15) is 12.4 Å². The second-order valence-corrected chi connectivity index (χ2v) is 7.85. The predicted molar refractivity (Wildman–Crippen MR) is 126 cm³/mol. The number of aryl methyl sites for hydroxylation is 3. The van der Waals surface area contributed by atoms with Gasteiger partial charge in [0.2, 0.25) is 0 Å². The van der Waals surface area contributed by atoms with Gasteiger partial charge < -0.3 is 9.84 Å². The van der Waals surface area contributed by atoms with Crippen molar-refractivity contribution in [3.05, 3.63) is 88.5 Å². The number of aliphatic hydroxyl groups is 1. The van der Waals surface area contributed by atoms with Gasteiger partial charge in [0, 0.05) is 6.61 Å². The molecule has 0 bridgehead atoms. The number of aliphatic hydroxyl groups excluding tert-OH is 1. The Balaban J connectivity index is 1.78. The Morgan fingerprint density at radius 2 is 1.27 bits per heavy atom. The van der Waals surface area contributed by atoms with Crippen molar-refractivity contribution in [1.82, 2.24) is 0 Å². The maximum absolute atomic E-state index is 9.24. The molecule has 0 saturated carbocycles. The molecule has 158 valence electrons. The van der Waals surface area contributed by atoms with Crippen molar-refractivity contribution in [1.29, 1.82) is 0 Å². The molecule has 0 fully saturated rings. The number of rotatable bonds is 10. The van der Waals surface area contributed by atoms with E-state index in [2.05, 4.69) is 81.4 Å². The molecule has 0 aliphatic carbocycles. The number of benzene rings is 3. The van der Waals surface area contributed by atoms with Crippen LogP contribution in [-0.2, 0) is 32.3 Å². The van der Waals surface area contributed by atoms with Crippen molar-refractivity contribution in [2.24, 2.45) is 0 Å². The summed E-state index contributed by atoms with van der Waals surface area (Å²) in [6.45, 7) is 7.37. The van der Waals surface area contributed by atoms with Gasteiger partial charge in [-0.3, -0.25) is 0 Å². The highest BCUT2D eigenvalue weighted by molar-refractivity contribution is 5.72. The highest BCUT2D eigenvalue weighted by Crippen LogP contribution is 2.32. The number of hydrogen-bond donors (Lipinski definition) is 1. The molecule has 0 radical (unpaired) electrons. The third-order valence-corrected chi connectivity index (χ3v) is 5.67. The fourth-order valence-electron chi connectivity index (χ4n) is 3.96. The topological polar surface area (TPSA) is 29.5 Å². The highest BCUT2D eigenvalue weighted by atomic mass is 16.5. The van der Waals surface area contributed by atoms with E-state index in [-0.39, 0.29) is 6.61 Å². The zero-order valence-electron chi connectivity index (χ0n) is 18.6. The van der Waals surface area contributed by atoms with Crippen molar-refractivity contribution in [2.45, 2.75) is 59.5 Å². The second kappa shape index (κ2) is 11.0. The lowest BCUT2D eigenvalue weighted by molar-refractivity contribution is 0.299. The monoisotopic (exact) mass is 402 g/mol. The molecule has 30 heavy (non-hydrogen) atoms. The molecule has 3 aromatic rings. The minimum Gasteiger partial charge on any atom is -0.489 e. The number of hydrogen-bond acceptors (Lipinski definition) is 2. The van der Waals surface area contributed by atoms with Gasteiger partial charge in [-0.25, -0.2) is 0 Å². The van der Waals surface area contributed by atoms with Crippen molar-refractivity contribution in [3.8, 4) is 16.9 Å². The van der Waals surface area contributed by atoms with E-state index in [0.29, 0.717) is 13.0 Å². The van der Waals surface area contributed by atoms with E-state index in [4.69, 9.17) is 4.74 Å². The Bertz CT molecular complexity index is 941. The molecule has 0 saturated heterocycles. The third kappa shape index (κ3) is 5.52. The van der Waals surface area contributed by atoms with Gasteiger partial charge in [0.05, 0.1) is 0 Å². The molecule has 1 N–H and O–H groups in total. The summed E-state index contributed by atoms with van der Waals surface area (Å²) in [6, 6.07) is 21.8. The molecule has 0 aliphatic rings. The Kier molecular flexibility index (Phi) is 8.10. The molecular formula is C28H34O2. The molecule has 3 aromatic carbocycles. The van der Waals surface area contributed by atoms with Gasteiger partial charge in [0.15, 0.2) is 0 Å². The highest BCUT2D eigenvalue weighted by Gasteiger charge is 2.11. The van der Waals surface area contributed by atoms with Crippen LogP contribution in [0.1, 0.15) is 55.0 Å². The van der Waals surface area contributed by atoms with Gasteiger partial charge in [-0.05, 0) is 76.8 Å². The molecule has 0 unspecified atom stereocenters. The van der Waals surface area contributed by atoms with Crippen LogP contribution in [0.3, 0.4) is 0 Å². The molecule has 0 heterocycles. The van der Waals surface area contributed by atoms with Crippen LogP contribution in [0.25, 0.3) is 11.1 Å². The third-order valence-electron chi connectivity index (χ3n) is 5.67. The predicted octanol–water partition coefficient (Wildman–Crippen LogP) is 6.54. The summed E-state index contributed by atoms with van der Waals surface area (Å²) in [7, 11) is 0. The van der Waals surface area contributed by atoms with Gasteiger partial charge in [-0.15, -0.1) is 0 Å². The van der Waals surface area contributed by atoms with Crippen LogP contribution < -0.4 is 4.74 Å². The molecule has 2 heteroatoms. The van der Waals surface area contributed by atoms with E-state index in [1.165, 1.54) is 45.4 Å². The van der Waals surface area contributed by atoms with Gasteiger partial charge >= 0.3 is 0 Å². The molecule has 0 atom stereocenters. The lowest BCUT2D eigenvalue weighted by Gasteiger charge is -2.16. The van der Waals surface area contributed by atoms with Crippen molar-refractivity contribution >= 4 is 0 Å². The number of ether oxygens (including phenoxy) is 1. The molecule has 2 nitrogen and oxygen atoms in total. The summed E-state index contributed by atoms with van der Waals surface area (Å²) >= 11 is 0. The molecular weight excluding hydrogens is 368 g/mol. The van der Waals surface area contributed by atoms with Crippen LogP contribution in [0.2, 0.25) is 0 Å². The van der Waals surface area contributed by atoms with E-state index in [1.807, 2.05) is 0 Å². The van der Waals surface area contributed by atoms with Crippen LogP contribution in [0, 0.1) is 0 Å². The van der Waals surface area contributed by atoms with Crippen LogP contribution in [0.4, 0.5) is 0 Å². The first-order valence-electron chi connectivity index (χ1n) is 11.2. The van der Waals surface area contributed by atoms with Crippen molar-refractivity contribution in [3.63, 3.8) is 0 Å². The van der Waals surface area contributed by atoms with Crippen LogP contribution in [-0.4, -0.2) is 11.7 Å². The van der Waals surface area contributed by atoms with E-state index >= 15 is 0 Å². The summed E-state index contributed by atoms with van der Waals surface area (Å²) < 4.78 is 6.11. The average molecular weight is 403 g/mol. The normalized spacial score (nSPS) is 10.9. The molecule has 0 spiro atoms. The zero-order chi connectivity index (χ0) is 21.3. The first-order chi connectivity index (χ1) is 14.7. The smallest absolute Gasteiger partial charge is 0.120 e. The minimum absolute atomic E-state index is 0.191. The average Bonchev–Trinajstić information content (AvgIpc) is 2.79. The van der Waals surface area contributed by atoms with Crippen LogP contribution >= 0.6 is 0 Å². The van der Waals surface area contributed by atoms with Gasteiger partial charge in [-0.2, -0.15) is 0 Å². The molecule has 0 aromatic heterocycles. The Labute approximate surface area is 181 Å². The van der Waals surface area contributed by atoms with E-state index < -0.39 is 0 Å². The quantitative estimate of drug-likeness (QED) is 0.417. The van der Waals surface area contributed by atoms with Crippen LogP contribution in [0.15, 0.2) is 60.7 Å². The van der Waals surface area contributed by atoms with E-state index in [9.17, 15) is 5.11 Å². The Morgan fingerprint density at radius 3 is 1.90 bits per heavy atom. The molecule has 0 amide bonds. The fourth-order valence-corrected chi connectivity index (χ4v) is 3.96. The standard InChI is InChI=1S/C28H34O2/c1-4-7-21-8-10-23(11-9-21)20-30-26-13-15-28(25(6-3)19-26)27-14-12-22(16-17-29)18-24(27)5-2/h8-15,18-19,29H,4-7,16-17,20H2,1-3H3. The lowest BCUT2D eigenvalue weighted by atomic mass is 9.91. The summed E-state index contributed by atoms with van der Waals surface area (Å²) in [4.78, 5) is 0.